The largest absolute Gasteiger partial charge is 0.497 e. The van der Waals surface area contributed by atoms with E-state index in [-0.39, 0.29) is 0 Å². The quantitative estimate of drug-likeness (QED) is 0.223. The van der Waals surface area contributed by atoms with Gasteiger partial charge in [0.15, 0.2) is 6.61 Å². The van der Waals surface area contributed by atoms with Crippen LogP contribution in [0.3, 0.4) is 0 Å². The van der Waals surface area contributed by atoms with Crippen molar-refractivity contribution in [2.45, 2.75) is 71.6 Å². The summed E-state index contributed by atoms with van der Waals surface area (Å²) < 4.78 is 5.27. The van der Waals surface area contributed by atoms with E-state index in [1.54, 1.807) is 7.11 Å². The summed E-state index contributed by atoms with van der Waals surface area (Å²) in [4.78, 5) is 10.1. The smallest absolute Gasteiger partial charge is 0.151 e. The molecule has 1 aliphatic carbocycles. The summed E-state index contributed by atoms with van der Waals surface area (Å²) in [5.41, 5.74) is 3.61. The molecule has 0 N–H and O–H groups in total. The molecule has 0 radical (unpaired) electrons. The molecule has 0 unspecified atom stereocenters. The predicted octanol–water partition coefficient (Wildman–Crippen LogP) is 6.70. The molecule has 4 heteroatoms. The van der Waals surface area contributed by atoms with Gasteiger partial charge < -0.3 is 9.57 Å². The highest BCUT2D eigenvalue weighted by atomic mass is 16.6. The Hall–Kier alpha value is -2.10. The number of allylic oxidation sites excluding steroid dienone is 1. The molecule has 1 saturated carbocycles. The van der Waals surface area contributed by atoms with Crippen LogP contribution in [0.25, 0.3) is 6.08 Å². The molecule has 2 rings (SSSR count). The topological polar surface area (TPSA) is 43.2 Å². The fourth-order valence-electron chi connectivity index (χ4n) is 3.79. The molecule has 4 nitrogen and oxygen atoms in total. The minimum Gasteiger partial charge on any atom is -0.497 e. The van der Waals surface area contributed by atoms with Crippen molar-refractivity contribution in [3.8, 4) is 5.75 Å². The van der Waals surface area contributed by atoms with Crippen molar-refractivity contribution in [3.63, 3.8) is 0 Å². The first kappa shape index (κ1) is 23.2. The molecular formula is C25H38N2O2. The molecule has 0 spiro atoms. The summed E-state index contributed by atoms with van der Waals surface area (Å²) in [6.45, 7) is 5.81. The first-order valence-corrected chi connectivity index (χ1v) is 11.3. The van der Waals surface area contributed by atoms with Gasteiger partial charge in [0.25, 0.3) is 0 Å². The van der Waals surface area contributed by atoms with Crippen LogP contribution in [-0.4, -0.2) is 32.2 Å². The molecule has 1 aromatic carbocycles. The molecule has 0 amide bonds. The summed E-state index contributed by atoms with van der Waals surface area (Å²) >= 11 is 0. The van der Waals surface area contributed by atoms with Gasteiger partial charge in [0.2, 0.25) is 0 Å². The number of aliphatic imine (C=N–C) groups is 1. The minimum absolute atomic E-state index is 0.450. The molecule has 0 heterocycles. The van der Waals surface area contributed by atoms with Gasteiger partial charge in [0, 0.05) is 18.7 Å². The highest BCUT2D eigenvalue weighted by molar-refractivity contribution is 6.05. The third-order valence-corrected chi connectivity index (χ3v) is 5.39. The number of rotatable bonds is 12. The van der Waals surface area contributed by atoms with Crippen molar-refractivity contribution < 1.29 is 9.57 Å². The molecule has 0 bridgehead atoms. The Morgan fingerprint density at radius 3 is 2.62 bits per heavy atom. The molecule has 1 aliphatic rings. The van der Waals surface area contributed by atoms with E-state index in [1.807, 2.05) is 18.3 Å². The number of unbranched alkanes of at least 4 members (excludes halogenated alkanes) is 3. The van der Waals surface area contributed by atoms with Gasteiger partial charge in [-0.3, -0.25) is 4.99 Å². The second-order valence-corrected chi connectivity index (χ2v) is 7.74. The zero-order chi connectivity index (χ0) is 20.7. The molecule has 0 aromatic heterocycles. The lowest BCUT2D eigenvalue weighted by molar-refractivity contribution is 0.184. The van der Waals surface area contributed by atoms with Crippen LogP contribution in [0.15, 0.2) is 40.0 Å². The van der Waals surface area contributed by atoms with E-state index in [0.29, 0.717) is 12.5 Å². The van der Waals surface area contributed by atoms with E-state index in [0.717, 1.165) is 37.3 Å². The summed E-state index contributed by atoms with van der Waals surface area (Å²) in [5.74, 6) is 1.37. The third kappa shape index (κ3) is 8.43. The van der Waals surface area contributed by atoms with Crippen molar-refractivity contribution >= 4 is 18.0 Å². The molecule has 29 heavy (non-hydrogen) atoms. The van der Waals surface area contributed by atoms with E-state index in [9.17, 15) is 0 Å². The zero-order valence-electron chi connectivity index (χ0n) is 18.5. The lowest BCUT2D eigenvalue weighted by atomic mass is 9.80. The second kappa shape index (κ2) is 14.0. The van der Waals surface area contributed by atoms with Crippen LogP contribution >= 0.6 is 0 Å². The van der Waals surface area contributed by atoms with Crippen LogP contribution in [0.4, 0.5) is 0 Å². The van der Waals surface area contributed by atoms with Gasteiger partial charge in [0.1, 0.15) is 5.75 Å². The third-order valence-electron chi connectivity index (χ3n) is 5.39. The van der Waals surface area contributed by atoms with E-state index in [4.69, 9.17) is 9.57 Å². The Morgan fingerprint density at radius 2 is 1.90 bits per heavy atom. The van der Waals surface area contributed by atoms with Gasteiger partial charge in [-0.15, -0.1) is 0 Å². The summed E-state index contributed by atoms with van der Waals surface area (Å²) in [5, 5.41) is 4.57. The van der Waals surface area contributed by atoms with Gasteiger partial charge in [-0.05, 0) is 61.4 Å². The molecule has 1 atom stereocenters. The van der Waals surface area contributed by atoms with Crippen molar-refractivity contribution in [1.29, 1.82) is 0 Å². The van der Waals surface area contributed by atoms with Crippen LogP contribution in [-0.2, 0) is 4.84 Å². The van der Waals surface area contributed by atoms with Crippen LogP contribution in [0.1, 0.15) is 77.2 Å². The normalized spacial score (nSPS) is 19.9. The summed E-state index contributed by atoms with van der Waals surface area (Å²) in [6, 6.07) is 8.20. The monoisotopic (exact) mass is 398 g/mol. The Balaban J connectivity index is 2.00. The molecule has 1 aromatic rings. The highest BCUT2D eigenvalue weighted by Crippen LogP contribution is 2.31. The average Bonchev–Trinajstić information content (AvgIpc) is 2.75. The first-order valence-electron chi connectivity index (χ1n) is 11.3. The predicted molar refractivity (Wildman–Crippen MR) is 124 cm³/mol. The Morgan fingerprint density at radius 1 is 1.07 bits per heavy atom. The molecular weight excluding hydrogens is 360 g/mol. The average molecular weight is 399 g/mol. The number of methoxy groups -OCH3 is 1. The first-order chi connectivity index (χ1) is 14.3. The Bertz CT molecular complexity index is 660. The van der Waals surface area contributed by atoms with Crippen molar-refractivity contribution in [2.75, 3.05) is 20.3 Å². The van der Waals surface area contributed by atoms with E-state index in [1.165, 1.54) is 49.7 Å². The van der Waals surface area contributed by atoms with Gasteiger partial charge in [-0.1, -0.05) is 56.8 Å². The maximum Gasteiger partial charge on any atom is 0.151 e. The van der Waals surface area contributed by atoms with Crippen LogP contribution in [0.5, 0.6) is 5.75 Å². The number of benzene rings is 1. The van der Waals surface area contributed by atoms with Crippen LogP contribution < -0.4 is 4.74 Å². The zero-order valence-corrected chi connectivity index (χ0v) is 18.5. The van der Waals surface area contributed by atoms with Gasteiger partial charge in [0.05, 0.1) is 12.8 Å². The Kier molecular flexibility index (Phi) is 11.2. The van der Waals surface area contributed by atoms with Crippen LogP contribution in [0.2, 0.25) is 0 Å². The van der Waals surface area contributed by atoms with E-state index >= 15 is 0 Å². The lowest BCUT2D eigenvalue weighted by Crippen LogP contribution is -2.22. The summed E-state index contributed by atoms with van der Waals surface area (Å²) in [6.07, 6.45) is 14.9. The number of oxime groups is 1. The Labute approximate surface area is 177 Å². The summed E-state index contributed by atoms with van der Waals surface area (Å²) in [7, 11) is 1.70. The minimum atomic E-state index is 0.450. The standard InChI is InChI=1S/C25H38N2O2/c1-4-6-7-8-17-26-18-19-29-27-25-22(10-5-2)11-9-12-23(25)20-21-13-15-24(28-3)16-14-21/h13-16,18,20,22H,4-12,17,19H2,1-3H3/t22-/m0/s1. The number of ether oxygens (including phenoxy) is 1. The number of nitrogens with zero attached hydrogens (tertiary/aromatic N) is 2. The number of hydrogen-bond acceptors (Lipinski definition) is 4. The fourth-order valence-corrected chi connectivity index (χ4v) is 3.79. The van der Waals surface area contributed by atoms with Gasteiger partial charge >= 0.3 is 0 Å². The van der Waals surface area contributed by atoms with E-state index < -0.39 is 0 Å². The molecule has 0 saturated heterocycles. The number of hydrogen-bond donors (Lipinski definition) is 0. The van der Waals surface area contributed by atoms with Crippen molar-refractivity contribution in [2.24, 2.45) is 16.1 Å². The molecule has 160 valence electrons. The maximum absolute atomic E-state index is 5.66. The lowest BCUT2D eigenvalue weighted by Gasteiger charge is -2.26. The fraction of sp³-hybridized carbons (Fsp3) is 0.600. The second-order valence-electron chi connectivity index (χ2n) is 7.74. The van der Waals surface area contributed by atoms with Crippen LogP contribution in [0, 0.1) is 5.92 Å². The van der Waals surface area contributed by atoms with Gasteiger partial charge in [-0.2, -0.15) is 0 Å². The van der Waals surface area contributed by atoms with E-state index in [2.05, 4.69) is 42.2 Å². The molecule has 0 aliphatic heterocycles. The molecule has 1 fully saturated rings. The van der Waals surface area contributed by atoms with Crippen molar-refractivity contribution in [3.05, 3.63) is 35.4 Å². The SMILES string of the molecule is CCCCCCN=CCON=C1C(=Cc2ccc(OC)cc2)CCC[C@@H]1CCC. The highest BCUT2D eigenvalue weighted by Gasteiger charge is 2.24. The van der Waals surface area contributed by atoms with Crippen molar-refractivity contribution in [1.82, 2.24) is 0 Å². The van der Waals surface area contributed by atoms with Gasteiger partial charge in [-0.25, -0.2) is 0 Å². The maximum atomic E-state index is 5.66.